The molecule has 1 unspecified atom stereocenters. The van der Waals surface area contributed by atoms with E-state index in [9.17, 15) is 13.2 Å². The molecular weight excluding hydrogens is 171 g/mol. The molecule has 0 bridgehead atoms. The maximum Gasteiger partial charge on any atom is 0.411 e. The van der Waals surface area contributed by atoms with Crippen molar-refractivity contribution >= 4 is 0 Å². The van der Waals surface area contributed by atoms with Crippen LogP contribution in [0.5, 0.6) is 0 Å². The van der Waals surface area contributed by atoms with Crippen LogP contribution in [0.15, 0.2) is 12.7 Å². The van der Waals surface area contributed by atoms with Gasteiger partial charge in [-0.3, -0.25) is 0 Å². The summed E-state index contributed by atoms with van der Waals surface area (Å²) in [6.45, 7) is 2.18. The summed E-state index contributed by atoms with van der Waals surface area (Å²) in [5, 5.41) is 0. The van der Waals surface area contributed by atoms with Crippen LogP contribution in [0, 0.1) is 0 Å². The Bertz CT molecular complexity index is 135. The molecule has 0 rings (SSSR count). The lowest BCUT2D eigenvalue weighted by Crippen LogP contribution is -2.22. The van der Waals surface area contributed by atoms with E-state index in [0.29, 0.717) is 6.42 Å². The van der Waals surface area contributed by atoms with E-state index in [-0.39, 0.29) is 12.6 Å². The van der Waals surface area contributed by atoms with Crippen LogP contribution in [0.1, 0.15) is 6.42 Å². The van der Waals surface area contributed by atoms with Gasteiger partial charge in [-0.1, -0.05) is 6.08 Å². The fraction of sp³-hybridized carbons (Fsp3) is 0.714. The van der Waals surface area contributed by atoms with E-state index < -0.39 is 12.8 Å². The van der Waals surface area contributed by atoms with Crippen LogP contribution in [0.25, 0.3) is 0 Å². The third-order valence-corrected chi connectivity index (χ3v) is 1.16. The first-order valence-electron chi connectivity index (χ1n) is 3.48. The standard InChI is InChI=1S/C7H12F3NO/c1-2-6(11)3-4-12-5-7(8,9)10/h2,6H,1,3-5,11H2. The van der Waals surface area contributed by atoms with E-state index in [0.717, 1.165) is 0 Å². The molecule has 0 amide bonds. The van der Waals surface area contributed by atoms with Gasteiger partial charge in [-0.25, -0.2) is 0 Å². The predicted molar refractivity (Wildman–Crippen MR) is 39.7 cm³/mol. The maximum atomic E-state index is 11.5. The van der Waals surface area contributed by atoms with Gasteiger partial charge >= 0.3 is 6.18 Å². The minimum atomic E-state index is -4.25. The molecule has 0 aliphatic rings. The van der Waals surface area contributed by atoms with Crippen molar-refractivity contribution in [3.05, 3.63) is 12.7 Å². The molecule has 72 valence electrons. The van der Waals surface area contributed by atoms with E-state index in [2.05, 4.69) is 11.3 Å². The zero-order chi connectivity index (χ0) is 9.61. The molecule has 1 atom stereocenters. The molecule has 0 radical (unpaired) electrons. The predicted octanol–water partition coefficient (Wildman–Crippen LogP) is 1.47. The molecule has 0 saturated heterocycles. The minimum absolute atomic E-state index is 0.00664. The topological polar surface area (TPSA) is 35.2 Å². The van der Waals surface area contributed by atoms with Crippen molar-refractivity contribution in [2.24, 2.45) is 5.73 Å². The third kappa shape index (κ3) is 7.56. The van der Waals surface area contributed by atoms with E-state index in [1.165, 1.54) is 6.08 Å². The number of ether oxygens (including phenoxy) is 1. The molecule has 0 aliphatic heterocycles. The summed E-state index contributed by atoms with van der Waals surface area (Å²) in [7, 11) is 0. The highest BCUT2D eigenvalue weighted by molar-refractivity contribution is 4.81. The molecular formula is C7H12F3NO. The Morgan fingerprint density at radius 1 is 1.50 bits per heavy atom. The van der Waals surface area contributed by atoms with Crippen molar-refractivity contribution in [1.82, 2.24) is 0 Å². The van der Waals surface area contributed by atoms with Crippen LogP contribution in [0.3, 0.4) is 0 Å². The SMILES string of the molecule is C=CC(N)CCOCC(F)(F)F. The first kappa shape index (κ1) is 11.4. The highest BCUT2D eigenvalue weighted by Gasteiger charge is 2.27. The lowest BCUT2D eigenvalue weighted by atomic mass is 10.2. The largest absolute Gasteiger partial charge is 0.411 e. The van der Waals surface area contributed by atoms with Gasteiger partial charge in [-0.15, -0.1) is 6.58 Å². The van der Waals surface area contributed by atoms with Crippen molar-refractivity contribution in [2.75, 3.05) is 13.2 Å². The lowest BCUT2D eigenvalue weighted by Gasteiger charge is -2.08. The van der Waals surface area contributed by atoms with Gasteiger partial charge in [-0.2, -0.15) is 13.2 Å². The Hall–Kier alpha value is -0.550. The van der Waals surface area contributed by atoms with Crippen molar-refractivity contribution in [1.29, 1.82) is 0 Å². The fourth-order valence-corrected chi connectivity index (χ4v) is 0.525. The summed E-state index contributed by atoms with van der Waals surface area (Å²) in [4.78, 5) is 0. The average Bonchev–Trinajstić information content (AvgIpc) is 1.96. The molecule has 0 saturated carbocycles. The Kier molecular flexibility index (Phi) is 4.92. The van der Waals surface area contributed by atoms with Crippen LogP contribution in [0.2, 0.25) is 0 Å². The van der Waals surface area contributed by atoms with Crippen LogP contribution in [-0.4, -0.2) is 25.4 Å². The number of halogens is 3. The zero-order valence-corrected chi connectivity index (χ0v) is 6.60. The number of hydrogen-bond acceptors (Lipinski definition) is 2. The first-order chi connectivity index (χ1) is 5.45. The second-order valence-electron chi connectivity index (χ2n) is 2.36. The molecule has 0 spiro atoms. The Morgan fingerprint density at radius 2 is 2.08 bits per heavy atom. The van der Waals surface area contributed by atoms with Crippen molar-refractivity contribution < 1.29 is 17.9 Å². The van der Waals surface area contributed by atoms with Gasteiger partial charge < -0.3 is 10.5 Å². The highest BCUT2D eigenvalue weighted by Crippen LogP contribution is 2.14. The van der Waals surface area contributed by atoms with Gasteiger partial charge in [-0.05, 0) is 6.42 Å². The van der Waals surface area contributed by atoms with E-state index in [4.69, 9.17) is 5.73 Å². The van der Waals surface area contributed by atoms with Crippen molar-refractivity contribution in [2.45, 2.75) is 18.6 Å². The van der Waals surface area contributed by atoms with Crippen LogP contribution >= 0.6 is 0 Å². The molecule has 2 N–H and O–H groups in total. The smallest absolute Gasteiger partial charge is 0.372 e. The molecule has 0 aromatic heterocycles. The Balaban J connectivity index is 3.27. The number of alkyl halides is 3. The minimum Gasteiger partial charge on any atom is -0.372 e. The van der Waals surface area contributed by atoms with Crippen LogP contribution < -0.4 is 5.73 Å². The summed E-state index contributed by atoms with van der Waals surface area (Å²) >= 11 is 0. The zero-order valence-electron chi connectivity index (χ0n) is 6.60. The molecule has 12 heavy (non-hydrogen) atoms. The van der Waals surface area contributed by atoms with Gasteiger partial charge in [0, 0.05) is 12.6 Å². The molecule has 0 aromatic rings. The number of nitrogens with two attached hydrogens (primary N) is 1. The van der Waals surface area contributed by atoms with Crippen LogP contribution in [0.4, 0.5) is 13.2 Å². The van der Waals surface area contributed by atoms with Gasteiger partial charge in [0.15, 0.2) is 0 Å². The Morgan fingerprint density at radius 3 is 2.50 bits per heavy atom. The quantitative estimate of drug-likeness (QED) is 0.517. The van der Waals surface area contributed by atoms with Gasteiger partial charge in [0.05, 0.1) is 0 Å². The van der Waals surface area contributed by atoms with Gasteiger partial charge in [0.1, 0.15) is 6.61 Å². The second-order valence-corrected chi connectivity index (χ2v) is 2.36. The first-order valence-corrected chi connectivity index (χ1v) is 3.48. The maximum absolute atomic E-state index is 11.5. The molecule has 0 heterocycles. The van der Waals surface area contributed by atoms with Crippen molar-refractivity contribution in [3.8, 4) is 0 Å². The lowest BCUT2D eigenvalue weighted by molar-refractivity contribution is -0.174. The van der Waals surface area contributed by atoms with Gasteiger partial charge in [0.25, 0.3) is 0 Å². The molecule has 0 aliphatic carbocycles. The highest BCUT2D eigenvalue weighted by atomic mass is 19.4. The fourth-order valence-electron chi connectivity index (χ4n) is 0.525. The Labute approximate surface area is 69.2 Å². The summed E-state index contributed by atoms with van der Waals surface area (Å²) in [6, 6.07) is -0.293. The third-order valence-electron chi connectivity index (χ3n) is 1.16. The summed E-state index contributed by atoms with van der Waals surface area (Å²) < 4.78 is 38.8. The second kappa shape index (κ2) is 5.16. The number of hydrogen-bond donors (Lipinski definition) is 1. The van der Waals surface area contributed by atoms with E-state index in [1.54, 1.807) is 0 Å². The molecule has 5 heteroatoms. The molecule has 0 aromatic carbocycles. The van der Waals surface area contributed by atoms with E-state index in [1.807, 2.05) is 0 Å². The monoisotopic (exact) mass is 183 g/mol. The summed E-state index contributed by atoms with van der Waals surface area (Å²) in [5.74, 6) is 0. The normalized spacial score (nSPS) is 14.3. The summed E-state index contributed by atoms with van der Waals surface area (Å²) in [5.41, 5.74) is 5.34. The molecule has 0 fully saturated rings. The average molecular weight is 183 g/mol. The van der Waals surface area contributed by atoms with Crippen LogP contribution in [-0.2, 0) is 4.74 Å². The van der Waals surface area contributed by atoms with Gasteiger partial charge in [0.2, 0.25) is 0 Å². The molecule has 2 nitrogen and oxygen atoms in total. The van der Waals surface area contributed by atoms with E-state index >= 15 is 0 Å². The number of rotatable bonds is 5. The summed E-state index contributed by atoms with van der Waals surface area (Å²) in [6.07, 6.45) is -2.42. The van der Waals surface area contributed by atoms with Crippen molar-refractivity contribution in [3.63, 3.8) is 0 Å².